The van der Waals surface area contributed by atoms with E-state index in [0.717, 1.165) is 23.1 Å². The molecule has 3 heteroatoms. The van der Waals surface area contributed by atoms with E-state index in [1.807, 2.05) is 6.08 Å². The number of allylic oxidation sites excluding steroid dienone is 8. The van der Waals surface area contributed by atoms with E-state index in [-0.39, 0.29) is 34.7 Å². The van der Waals surface area contributed by atoms with E-state index in [0.29, 0.717) is 12.0 Å². The molecule has 1 N–H and O–H groups in total. The summed E-state index contributed by atoms with van der Waals surface area (Å²) in [5.41, 5.74) is 2.16. The normalized spacial score (nSPS) is 44.1. The quantitative estimate of drug-likeness (QED) is 0.733. The third-order valence-corrected chi connectivity index (χ3v) is 7.66. The predicted octanol–water partition coefficient (Wildman–Crippen LogP) is 3.72. The molecule has 0 radical (unpaired) electrons. The standard InChI is InChI=1S/C23H26O3/c1-12-13(2)23(5)15(10-19(12)25)6-7-16-18-9-8-17(14(3)24)22(18,4)11-20(26)21(16)23/h6-8,10,16,18,20-21,26H,1-2,9,11H2,3-5H3/t16-,18-,20?,21+,22+,23-/m0/s1. The Labute approximate surface area is 154 Å². The fourth-order valence-electron chi connectivity index (χ4n) is 6.26. The van der Waals surface area contributed by atoms with Gasteiger partial charge >= 0.3 is 0 Å². The number of hydrogen-bond donors (Lipinski definition) is 1. The highest BCUT2D eigenvalue weighted by Crippen LogP contribution is 2.64. The molecule has 0 spiro atoms. The molecule has 0 bridgehead atoms. The SMILES string of the molecule is C=C1C(=C)[C@@]2(C)C(=CC1=O)C=C[C@@H]1[C@@H]2C(O)C[C@]2(C)C(C(C)=O)=CC[C@@H]12. The Morgan fingerprint density at radius 3 is 2.65 bits per heavy atom. The number of ketones is 2. The molecule has 4 aliphatic rings. The van der Waals surface area contributed by atoms with Gasteiger partial charge in [-0.15, -0.1) is 0 Å². The Balaban J connectivity index is 1.85. The zero-order valence-electron chi connectivity index (χ0n) is 15.7. The molecule has 136 valence electrons. The van der Waals surface area contributed by atoms with Crippen molar-refractivity contribution in [3.05, 3.63) is 59.8 Å². The van der Waals surface area contributed by atoms with Crippen LogP contribution in [0, 0.1) is 28.6 Å². The highest BCUT2D eigenvalue weighted by Gasteiger charge is 2.60. The molecule has 1 unspecified atom stereocenters. The first kappa shape index (κ1) is 17.4. The zero-order valence-corrected chi connectivity index (χ0v) is 15.7. The summed E-state index contributed by atoms with van der Waals surface area (Å²) < 4.78 is 0. The van der Waals surface area contributed by atoms with Gasteiger partial charge in [0.15, 0.2) is 11.6 Å². The Morgan fingerprint density at radius 1 is 1.31 bits per heavy atom. The molecule has 0 aromatic rings. The molecule has 1 saturated carbocycles. The second-order valence-electron chi connectivity index (χ2n) is 8.79. The van der Waals surface area contributed by atoms with Crippen molar-refractivity contribution in [1.82, 2.24) is 0 Å². The van der Waals surface area contributed by atoms with E-state index >= 15 is 0 Å². The average molecular weight is 350 g/mol. The van der Waals surface area contributed by atoms with Crippen molar-refractivity contribution in [2.24, 2.45) is 28.6 Å². The number of aliphatic hydroxyl groups is 1. The lowest BCUT2D eigenvalue weighted by Gasteiger charge is -2.58. The third-order valence-electron chi connectivity index (χ3n) is 7.66. The van der Waals surface area contributed by atoms with Gasteiger partial charge in [-0.25, -0.2) is 0 Å². The van der Waals surface area contributed by atoms with Crippen LogP contribution >= 0.6 is 0 Å². The molecule has 4 rings (SSSR count). The molecule has 0 aromatic carbocycles. The maximum absolute atomic E-state index is 12.2. The van der Waals surface area contributed by atoms with Crippen LogP contribution in [-0.4, -0.2) is 22.8 Å². The van der Waals surface area contributed by atoms with Gasteiger partial charge in [-0.1, -0.05) is 45.2 Å². The van der Waals surface area contributed by atoms with Gasteiger partial charge in [0, 0.05) is 22.3 Å². The minimum Gasteiger partial charge on any atom is -0.393 e. The molecule has 0 heterocycles. The number of aliphatic hydroxyl groups excluding tert-OH is 1. The number of hydrogen-bond acceptors (Lipinski definition) is 3. The number of Topliss-reactive ketones (excluding diaryl/α,β-unsaturated/α-hetero) is 1. The molecule has 26 heavy (non-hydrogen) atoms. The Hall–Kier alpha value is -2.00. The molecule has 3 nitrogen and oxygen atoms in total. The first-order valence-electron chi connectivity index (χ1n) is 9.35. The summed E-state index contributed by atoms with van der Waals surface area (Å²) in [7, 11) is 0. The second-order valence-corrected chi connectivity index (χ2v) is 8.79. The van der Waals surface area contributed by atoms with E-state index < -0.39 is 11.5 Å². The summed E-state index contributed by atoms with van der Waals surface area (Å²) in [5.74, 6) is 0.365. The third kappa shape index (κ3) is 1.92. The van der Waals surface area contributed by atoms with Crippen LogP contribution in [0.25, 0.3) is 0 Å². The second kappa shape index (κ2) is 5.26. The van der Waals surface area contributed by atoms with Gasteiger partial charge in [-0.05, 0) is 54.4 Å². The van der Waals surface area contributed by atoms with Gasteiger partial charge in [0.05, 0.1) is 6.10 Å². The minimum atomic E-state index is -0.571. The predicted molar refractivity (Wildman–Crippen MR) is 101 cm³/mol. The first-order valence-corrected chi connectivity index (χ1v) is 9.35. The van der Waals surface area contributed by atoms with Gasteiger partial charge in [-0.2, -0.15) is 0 Å². The van der Waals surface area contributed by atoms with Crippen molar-refractivity contribution in [1.29, 1.82) is 0 Å². The topological polar surface area (TPSA) is 54.4 Å². The van der Waals surface area contributed by atoms with Crippen molar-refractivity contribution in [3.8, 4) is 0 Å². The largest absolute Gasteiger partial charge is 0.393 e. The Morgan fingerprint density at radius 2 is 2.00 bits per heavy atom. The van der Waals surface area contributed by atoms with Crippen molar-refractivity contribution >= 4 is 11.6 Å². The zero-order chi connectivity index (χ0) is 19.0. The fraction of sp³-hybridized carbons (Fsp3) is 0.478. The molecule has 0 aromatic heterocycles. The van der Waals surface area contributed by atoms with E-state index in [9.17, 15) is 14.7 Å². The monoisotopic (exact) mass is 350 g/mol. The van der Waals surface area contributed by atoms with Crippen LogP contribution in [-0.2, 0) is 9.59 Å². The summed E-state index contributed by atoms with van der Waals surface area (Å²) in [6, 6.07) is 0. The number of fused-ring (bicyclic) bond motifs is 5. The van der Waals surface area contributed by atoms with Crippen molar-refractivity contribution in [2.45, 2.75) is 39.7 Å². The highest BCUT2D eigenvalue weighted by atomic mass is 16.3. The lowest BCUT2D eigenvalue weighted by atomic mass is 9.46. The number of rotatable bonds is 1. The van der Waals surface area contributed by atoms with Crippen LogP contribution < -0.4 is 0 Å². The molecule has 4 aliphatic carbocycles. The summed E-state index contributed by atoms with van der Waals surface area (Å²) in [4.78, 5) is 24.4. The van der Waals surface area contributed by atoms with Crippen LogP contribution in [0.2, 0.25) is 0 Å². The van der Waals surface area contributed by atoms with Gasteiger partial charge in [0.1, 0.15) is 0 Å². The smallest absolute Gasteiger partial charge is 0.185 e. The molecular formula is C23H26O3. The van der Waals surface area contributed by atoms with E-state index in [1.165, 1.54) is 0 Å². The van der Waals surface area contributed by atoms with Crippen molar-refractivity contribution in [2.75, 3.05) is 0 Å². The lowest BCUT2D eigenvalue weighted by Crippen LogP contribution is -2.55. The minimum absolute atomic E-state index is 0.0612. The molecule has 0 amide bonds. The average Bonchev–Trinajstić information content (AvgIpc) is 2.91. The van der Waals surface area contributed by atoms with Crippen LogP contribution in [0.5, 0.6) is 0 Å². The van der Waals surface area contributed by atoms with Crippen molar-refractivity contribution in [3.63, 3.8) is 0 Å². The Bertz CT molecular complexity index is 855. The van der Waals surface area contributed by atoms with Crippen LogP contribution in [0.1, 0.15) is 33.6 Å². The van der Waals surface area contributed by atoms with Gasteiger partial charge in [-0.3, -0.25) is 9.59 Å². The van der Waals surface area contributed by atoms with Gasteiger partial charge in [0.25, 0.3) is 0 Å². The molecule has 1 fully saturated rings. The van der Waals surface area contributed by atoms with Gasteiger partial charge in [0.2, 0.25) is 0 Å². The summed E-state index contributed by atoms with van der Waals surface area (Å²) >= 11 is 0. The van der Waals surface area contributed by atoms with Crippen molar-refractivity contribution < 1.29 is 14.7 Å². The summed E-state index contributed by atoms with van der Waals surface area (Å²) in [6.45, 7) is 14.0. The fourth-order valence-corrected chi connectivity index (χ4v) is 6.26. The first-order chi connectivity index (χ1) is 12.1. The Kier molecular flexibility index (Phi) is 3.52. The maximum atomic E-state index is 12.2. The molecular weight excluding hydrogens is 324 g/mol. The van der Waals surface area contributed by atoms with Crippen LogP contribution in [0.3, 0.4) is 0 Å². The van der Waals surface area contributed by atoms with Crippen LogP contribution in [0.15, 0.2) is 59.8 Å². The van der Waals surface area contributed by atoms with E-state index in [4.69, 9.17) is 0 Å². The highest BCUT2D eigenvalue weighted by molar-refractivity contribution is 6.09. The molecule has 0 aliphatic heterocycles. The number of carbonyl (C=O) groups is 2. The summed E-state index contributed by atoms with van der Waals surface area (Å²) in [6.07, 6.45) is 8.74. The van der Waals surface area contributed by atoms with Gasteiger partial charge < -0.3 is 5.11 Å². The molecule has 0 saturated heterocycles. The lowest BCUT2D eigenvalue weighted by molar-refractivity contribution is -0.118. The molecule has 6 atom stereocenters. The van der Waals surface area contributed by atoms with E-state index in [2.05, 4.69) is 39.2 Å². The van der Waals surface area contributed by atoms with Crippen LogP contribution in [0.4, 0.5) is 0 Å². The summed E-state index contributed by atoms with van der Waals surface area (Å²) in [5, 5.41) is 11.2. The maximum Gasteiger partial charge on any atom is 0.185 e. The van der Waals surface area contributed by atoms with E-state index in [1.54, 1.807) is 13.0 Å². The number of carbonyl (C=O) groups excluding carboxylic acids is 2.